The van der Waals surface area contributed by atoms with Gasteiger partial charge in [-0.15, -0.1) is 11.3 Å². The molecule has 0 aromatic carbocycles. The normalized spacial score (nSPS) is 20.8. The zero-order valence-corrected chi connectivity index (χ0v) is 12.8. The molecule has 0 aliphatic carbocycles. The van der Waals surface area contributed by atoms with Gasteiger partial charge in [-0.1, -0.05) is 0 Å². The van der Waals surface area contributed by atoms with E-state index in [1.807, 2.05) is 4.68 Å². The maximum absolute atomic E-state index is 5.79. The molecule has 3 heterocycles. The van der Waals surface area contributed by atoms with Crippen LogP contribution in [0.15, 0.2) is 28.6 Å². The highest BCUT2D eigenvalue weighted by molar-refractivity contribution is 9.11. The van der Waals surface area contributed by atoms with Crippen LogP contribution in [-0.2, 0) is 17.8 Å². The molecule has 5 nitrogen and oxygen atoms in total. The first-order valence-corrected chi connectivity index (χ1v) is 7.81. The predicted octanol–water partition coefficient (Wildman–Crippen LogP) is 2.00. The van der Waals surface area contributed by atoms with E-state index in [0.29, 0.717) is 0 Å². The number of hydrogen-bond donors (Lipinski definition) is 0. The lowest BCUT2D eigenvalue weighted by molar-refractivity contribution is -0.0399. The summed E-state index contributed by atoms with van der Waals surface area (Å²) in [4.78, 5) is 7.77. The Morgan fingerprint density at radius 1 is 1.47 bits per heavy atom. The van der Waals surface area contributed by atoms with Gasteiger partial charge in [-0.3, -0.25) is 9.58 Å². The van der Waals surface area contributed by atoms with E-state index in [1.165, 1.54) is 8.66 Å². The van der Waals surface area contributed by atoms with Gasteiger partial charge in [0.2, 0.25) is 0 Å². The van der Waals surface area contributed by atoms with Crippen molar-refractivity contribution in [2.75, 3.05) is 19.7 Å². The molecule has 19 heavy (non-hydrogen) atoms. The molecule has 2 aromatic heterocycles. The zero-order valence-electron chi connectivity index (χ0n) is 10.4. The van der Waals surface area contributed by atoms with Crippen LogP contribution in [0, 0.1) is 0 Å². The average molecular weight is 343 g/mol. The minimum absolute atomic E-state index is 0.193. The lowest BCUT2D eigenvalue weighted by Gasteiger charge is -2.32. The molecule has 1 atom stereocenters. The SMILES string of the molecule is Brc1ccc(CN2CCOC(Cn3cncn3)C2)s1. The minimum Gasteiger partial charge on any atom is -0.374 e. The summed E-state index contributed by atoms with van der Waals surface area (Å²) in [6, 6.07) is 4.28. The Kier molecular flexibility index (Phi) is 4.27. The maximum Gasteiger partial charge on any atom is 0.137 e. The molecule has 0 bridgehead atoms. The molecule has 1 aliphatic heterocycles. The van der Waals surface area contributed by atoms with Crippen LogP contribution in [-0.4, -0.2) is 45.5 Å². The van der Waals surface area contributed by atoms with E-state index in [9.17, 15) is 0 Å². The Balaban J connectivity index is 1.55. The molecule has 1 unspecified atom stereocenters. The molecule has 1 fully saturated rings. The summed E-state index contributed by atoms with van der Waals surface area (Å²) in [5.41, 5.74) is 0. The predicted molar refractivity (Wildman–Crippen MR) is 77.1 cm³/mol. The molecule has 7 heteroatoms. The van der Waals surface area contributed by atoms with Gasteiger partial charge < -0.3 is 4.74 Å². The molecular formula is C12H15BrN4OS. The fourth-order valence-corrected chi connectivity index (χ4v) is 3.75. The third-order valence-electron chi connectivity index (χ3n) is 3.09. The molecule has 2 aromatic rings. The zero-order chi connectivity index (χ0) is 13.1. The number of halogens is 1. The number of aromatic nitrogens is 3. The second kappa shape index (κ2) is 6.13. The molecule has 0 saturated carbocycles. The van der Waals surface area contributed by atoms with Gasteiger partial charge in [0.25, 0.3) is 0 Å². The summed E-state index contributed by atoms with van der Waals surface area (Å²) >= 11 is 5.30. The number of thiophene rings is 1. The summed E-state index contributed by atoms with van der Waals surface area (Å²) in [5.74, 6) is 0. The molecule has 0 amide bonds. The lowest BCUT2D eigenvalue weighted by Crippen LogP contribution is -2.43. The number of hydrogen-bond acceptors (Lipinski definition) is 5. The quantitative estimate of drug-likeness (QED) is 0.852. The number of nitrogens with zero attached hydrogens (tertiary/aromatic N) is 4. The highest BCUT2D eigenvalue weighted by Gasteiger charge is 2.21. The van der Waals surface area contributed by atoms with Crippen molar-refractivity contribution in [3.05, 3.63) is 33.5 Å². The molecule has 0 N–H and O–H groups in total. The molecule has 102 valence electrons. The fourth-order valence-electron chi connectivity index (χ4n) is 2.23. The summed E-state index contributed by atoms with van der Waals surface area (Å²) < 4.78 is 8.81. The van der Waals surface area contributed by atoms with Crippen LogP contribution >= 0.6 is 27.3 Å². The Labute approximate surface area is 124 Å². The van der Waals surface area contributed by atoms with E-state index < -0.39 is 0 Å². The number of ether oxygens (including phenoxy) is 1. The monoisotopic (exact) mass is 342 g/mol. The van der Waals surface area contributed by atoms with Gasteiger partial charge in [-0.25, -0.2) is 4.98 Å². The van der Waals surface area contributed by atoms with E-state index in [1.54, 1.807) is 24.0 Å². The van der Waals surface area contributed by atoms with Crippen LogP contribution in [0.5, 0.6) is 0 Å². The van der Waals surface area contributed by atoms with Gasteiger partial charge >= 0.3 is 0 Å². The Hall–Kier alpha value is -0.760. The van der Waals surface area contributed by atoms with Crippen molar-refractivity contribution in [3.63, 3.8) is 0 Å². The van der Waals surface area contributed by atoms with Crippen LogP contribution in [0.1, 0.15) is 4.88 Å². The smallest absolute Gasteiger partial charge is 0.137 e. The van der Waals surface area contributed by atoms with Crippen LogP contribution in [0.3, 0.4) is 0 Å². The topological polar surface area (TPSA) is 43.2 Å². The van der Waals surface area contributed by atoms with Crippen molar-refractivity contribution < 1.29 is 4.74 Å². The summed E-state index contributed by atoms with van der Waals surface area (Å²) in [5, 5.41) is 4.13. The lowest BCUT2D eigenvalue weighted by atomic mass is 10.2. The van der Waals surface area contributed by atoms with E-state index in [4.69, 9.17) is 4.74 Å². The van der Waals surface area contributed by atoms with Crippen molar-refractivity contribution in [3.8, 4) is 0 Å². The van der Waals surface area contributed by atoms with Crippen molar-refractivity contribution in [1.29, 1.82) is 0 Å². The van der Waals surface area contributed by atoms with Crippen molar-refractivity contribution in [2.45, 2.75) is 19.2 Å². The molecule has 0 radical (unpaired) electrons. The van der Waals surface area contributed by atoms with Gasteiger partial charge in [0.1, 0.15) is 12.7 Å². The highest BCUT2D eigenvalue weighted by atomic mass is 79.9. The highest BCUT2D eigenvalue weighted by Crippen LogP contribution is 2.24. The first-order valence-electron chi connectivity index (χ1n) is 6.20. The summed E-state index contributed by atoms with van der Waals surface area (Å²) in [6.07, 6.45) is 3.49. The van der Waals surface area contributed by atoms with Crippen LogP contribution < -0.4 is 0 Å². The average Bonchev–Trinajstić information content (AvgIpc) is 3.02. The third-order valence-corrected chi connectivity index (χ3v) is 4.70. The largest absolute Gasteiger partial charge is 0.374 e. The van der Waals surface area contributed by atoms with Crippen LogP contribution in [0.25, 0.3) is 0 Å². The Morgan fingerprint density at radius 3 is 3.16 bits per heavy atom. The molecule has 0 spiro atoms. The van der Waals surface area contributed by atoms with E-state index in [0.717, 1.165) is 32.8 Å². The van der Waals surface area contributed by atoms with Crippen molar-refractivity contribution >= 4 is 27.3 Å². The Bertz CT molecular complexity index is 516. The third kappa shape index (κ3) is 3.62. The fraction of sp³-hybridized carbons (Fsp3) is 0.500. The van der Waals surface area contributed by atoms with E-state index >= 15 is 0 Å². The van der Waals surface area contributed by atoms with Crippen LogP contribution in [0.2, 0.25) is 0 Å². The first kappa shape index (κ1) is 13.2. The molecular weight excluding hydrogens is 328 g/mol. The van der Waals surface area contributed by atoms with E-state index in [2.05, 4.69) is 43.0 Å². The standard InChI is InChI=1S/C12H15BrN4OS/c13-12-2-1-11(19-12)7-16-3-4-18-10(5-16)6-17-9-14-8-15-17/h1-2,8-10H,3-7H2. The van der Waals surface area contributed by atoms with Crippen molar-refractivity contribution in [1.82, 2.24) is 19.7 Å². The van der Waals surface area contributed by atoms with Gasteiger partial charge in [0, 0.05) is 24.5 Å². The molecule has 1 saturated heterocycles. The Morgan fingerprint density at radius 2 is 2.42 bits per heavy atom. The van der Waals surface area contributed by atoms with Crippen LogP contribution in [0.4, 0.5) is 0 Å². The first-order chi connectivity index (χ1) is 9.29. The second-order valence-corrected chi connectivity index (χ2v) is 7.10. The second-order valence-electron chi connectivity index (χ2n) is 4.55. The van der Waals surface area contributed by atoms with E-state index in [-0.39, 0.29) is 6.10 Å². The maximum atomic E-state index is 5.79. The van der Waals surface area contributed by atoms with Gasteiger partial charge in [0.05, 0.1) is 23.0 Å². The molecule has 3 rings (SSSR count). The minimum atomic E-state index is 0.193. The number of morpholine rings is 1. The van der Waals surface area contributed by atoms with Crippen molar-refractivity contribution in [2.24, 2.45) is 0 Å². The number of rotatable bonds is 4. The van der Waals surface area contributed by atoms with Gasteiger partial charge in [-0.2, -0.15) is 5.10 Å². The summed E-state index contributed by atoms with van der Waals surface area (Å²) in [6.45, 7) is 4.47. The summed E-state index contributed by atoms with van der Waals surface area (Å²) in [7, 11) is 0. The molecule has 1 aliphatic rings. The van der Waals surface area contributed by atoms with Gasteiger partial charge in [-0.05, 0) is 28.1 Å². The van der Waals surface area contributed by atoms with Gasteiger partial charge in [0.15, 0.2) is 0 Å².